The minimum Gasteiger partial charge on any atom is -0.507 e. The molecule has 1 heterocycles. The minimum absolute atomic E-state index is 0.0667. The van der Waals surface area contributed by atoms with Gasteiger partial charge in [0.05, 0.1) is 4.47 Å². The van der Waals surface area contributed by atoms with Crippen molar-refractivity contribution in [3.05, 3.63) is 33.8 Å². The molecule has 5 nitrogen and oxygen atoms in total. The standard InChI is InChI=1S/C13H11BrO5/c1-13(2)18-11(16)8(12(17)19-13)5-7-3-4-10(15)9(14)6-7/h3-6,15H,1-2H3. The molecule has 0 spiro atoms. The van der Waals surface area contributed by atoms with Crippen LogP contribution >= 0.6 is 15.9 Å². The van der Waals surface area contributed by atoms with Crippen LogP contribution in [-0.2, 0) is 19.1 Å². The van der Waals surface area contributed by atoms with Gasteiger partial charge in [0.25, 0.3) is 5.79 Å². The molecular formula is C13H11BrO5. The van der Waals surface area contributed by atoms with Gasteiger partial charge in [-0.3, -0.25) is 0 Å². The summed E-state index contributed by atoms with van der Waals surface area (Å²) in [6.07, 6.45) is 1.35. The highest BCUT2D eigenvalue weighted by atomic mass is 79.9. The van der Waals surface area contributed by atoms with E-state index in [2.05, 4.69) is 15.9 Å². The Morgan fingerprint density at radius 2 is 1.79 bits per heavy atom. The third-order valence-electron chi connectivity index (χ3n) is 2.40. The van der Waals surface area contributed by atoms with Crippen LogP contribution in [0.2, 0.25) is 0 Å². The van der Waals surface area contributed by atoms with Crippen LogP contribution in [0.4, 0.5) is 0 Å². The summed E-state index contributed by atoms with van der Waals surface area (Å²) in [6.45, 7) is 2.97. The van der Waals surface area contributed by atoms with E-state index >= 15 is 0 Å². The number of carbonyl (C=O) groups is 2. The molecule has 0 amide bonds. The Hall–Kier alpha value is -1.82. The fourth-order valence-electron chi connectivity index (χ4n) is 1.56. The lowest BCUT2D eigenvalue weighted by Crippen LogP contribution is -2.41. The number of carbonyl (C=O) groups excluding carboxylic acids is 2. The molecule has 0 aliphatic carbocycles. The largest absolute Gasteiger partial charge is 0.507 e. The molecule has 1 aliphatic heterocycles. The number of phenols is 1. The number of phenolic OH excluding ortho intramolecular Hbond substituents is 1. The number of benzene rings is 1. The van der Waals surface area contributed by atoms with E-state index < -0.39 is 17.7 Å². The van der Waals surface area contributed by atoms with Crippen molar-refractivity contribution < 1.29 is 24.2 Å². The van der Waals surface area contributed by atoms with Crippen molar-refractivity contribution in [1.82, 2.24) is 0 Å². The SMILES string of the molecule is CC1(C)OC(=O)C(=Cc2ccc(O)c(Br)c2)C(=O)O1. The number of esters is 2. The average Bonchev–Trinajstić information content (AvgIpc) is 2.27. The van der Waals surface area contributed by atoms with Crippen LogP contribution in [0.15, 0.2) is 28.2 Å². The minimum atomic E-state index is -1.25. The van der Waals surface area contributed by atoms with Gasteiger partial charge in [0.15, 0.2) is 0 Å². The number of aromatic hydroxyl groups is 1. The first-order chi connectivity index (χ1) is 8.78. The van der Waals surface area contributed by atoms with E-state index in [0.717, 1.165) is 0 Å². The summed E-state index contributed by atoms with van der Waals surface area (Å²) in [5.74, 6) is -2.64. The molecule has 1 aromatic rings. The van der Waals surface area contributed by atoms with Gasteiger partial charge in [-0.2, -0.15) is 0 Å². The van der Waals surface area contributed by atoms with Gasteiger partial charge in [-0.1, -0.05) is 6.07 Å². The lowest BCUT2D eigenvalue weighted by atomic mass is 10.1. The van der Waals surface area contributed by atoms with Crippen molar-refractivity contribution >= 4 is 33.9 Å². The maximum atomic E-state index is 11.7. The second kappa shape index (κ2) is 4.70. The monoisotopic (exact) mass is 326 g/mol. The van der Waals surface area contributed by atoms with Gasteiger partial charge >= 0.3 is 11.9 Å². The quantitative estimate of drug-likeness (QED) is 0.487. The molecule has 1 aliphatic rings. The highest BCUT2D eigenvalue weighted by Gasteiger charge is 2.38. The van der Waals surface area contributed by atoms with E-state index in [1.165, 1.54) is 26.0 Å². The number of hydrogen-bond acceptors (Lipinski definition) is 5. The zero-order chi connectivity index (χ0) is 14.2. The molecule has 1 saturated heterocycles. The molecule has 0 radical (unpaired) electrons. The zero-order valence-corrected chi connectivity index (χ0v) is 11.9. The van der Waals surface area contributed by atoms with Crippen LogP contribution < -0.4 is 0 Å². The van der Waals surface area contributed by atoms with Crippen molar-refractivity contribution in [2.24, 2.45) is 0 Å². The van der Waals surface area contributed by atoms with Crippen LogP contribution in [0.25, 0.3) is 6.08 Å². The van der Waals surface area contributed by atoms with Crippen LogP contribution in [0, 0.1) is 0 Å². The average molecular weight is 327 g/mol. The predicted molar refractivity (Wildman–Crippen MR) is 70.0 cm³/mol. The summed E-state index contributed by atoms with van der Waals surface area (Å²) in [5.41, 5.74) is 0.380. The first-order valence-electron chi connectivity index (χ1n) is 5.45. The molecule has 0 unspecified atom stereocenters. The Bertz CT molecular complexity index is 567. The first-order valence-corrected chi connectivity index (χ1v) is 6.25. The molecule has 0 bridgehead atoms. The van der Waals surface area contributed by atoms with Gasteiger partial charge in [0, 0.05) is 13.8 Å². The molecular weight excluding hydrogens is 316 g/mol. The van der Waals surface area contributed by atoms with E-state index in [4.69, 9.17) is 9.47 Å². The summed E-state index contributed by atoms with van der Waals surface area (Å²) in [4.78, 5) is 23.4. The Morgan fingerprint density at radius 3 is 2.32 bits per heavy atom. The fraction of sp³-hybridized carbons (Fsp3) is 0.231. The Labute approximate surface area is 118 Å². The van der Waals surface area contributed by atoms with Gasteiger partial charge in [0.1, 0.15) is 11.3 Å². The highest BCUT2D eigenvalue weighted by Crippen LogP contribution is 2.27. The number of ether oxygens (including phenoxy) is 2. The molecule has 1 aromatic carbocycles. The molecule has 0 saturated carbocycles. The zero-order valence-electron chi connectivity index (χ0n) is 10.3. The Kier molecular flexibility index (Phi) is 3.36. The lowest BCUT2D eigenvalue weighted by Gasteiger charge is -2.29. The highest BCUT2D eigenvalue weighted by molar-refractivity contribution is 9.10. The number of rotatable bonds is 1. The predicted octanol–water partition coefficient (Wildman–Crippen LogP) is 2.37. The summed E-state index contributed by atoms with van der Waals surface area (Å²) >= 11 is 3.15. The topological polar surface area (TPSA) is 72.8 Å². The van der Waals surface area contributed by atoms with E-state index in [1.807, 2.05) is 0 Å². The maximum Gasteiger partial charge on any atom is 0.348 e. The summed E-state index contributed by atoms with van der Waals surface area (Å²) in [7, 11) is 0. The normalized spacial score (nSPS) is 17.7. The third kappa shape index (κ3) is 2.96. The van der Waals surface area contributed by atoms with E-state index in [-0.39, 0.29) is 11.3 Å². The lowest BCUT2D eigenvalue weighted by molar-refractivity contribution is -0.222. The number of halogens is 1. The van der Waals surface area contributed by atoms with Gasteiger partial charge < -0.3 is 14.6 Å². The fourth-order valence-corrected chi connectivity index (χ4v) is 1.95. The molecule has 100 valence electrons. The van der Waals surface area contributed by atoms with Crippen LogP contribution in [0.5, 0.6) is 5.75 Å². The van der Waals surface area contributed by atoms with E-state index in [1.54, 1.807) is 12.1 Å². The number of hydrogen-bond donors (Lipinski definition) is 1. The van der Waals surface area contributed by atoms with Gasteiger partial charge in [-0.25, -0.2) is 9.59 Å². The first kappa shape index (κ1) is 13.6. The second-order valence-corrected chi connectivity index (χ2v) is 5.30. The molecule has 1 N–H and O–H groups in total. The van der Waals surface area contributed by atoms with Crippen molar-refractivity contribution in [3.63, 3.8) is 0 Å². The van der Waals surface area contributed by atoms with Crippen molar-refractivity contribution in [1.29, 1.82) is 0 Å². The van der Waals surface area contributed by atoms with Crippen LogP contribution in [0.3, 0.4) is 0 Å². The van der Waals surface area contributed by atoms with Crippen molar-refractivity contribution in [3.8, 4) is 5.75 Å². The van der Waals surface area contributed by atoms with E-state index in [9.17, 15) is 14.7 Å². The summed E-state index contributed by atoms with van der Waals surface area (Å²) in [6, 6.07) is 4.58. The summed E-state index contributed by atoms with van der Waals surface area (Å²) in [5, 5.41) is 9.37. The van der Waals surface area contributed by atoms with Gasteiger partial charge in [-0.15, -0.1) is 0 Å². The number of cyclic esters (lactones) is 2. The third-order valence-corrected chi connectivity index (χ3v) is 3.03. The maximum absolute atomic E-state index is 11.7. The molecule has 0 atom stereocenters. The van der Waals surface area contributed by atoms with Crippen LogP contribution in [-0.4, -0.2) is 22.8 Å². The molecule has 0 aromatic heterocycles. The Morgan fingerprint density at radius 1 is 1.21 bits per heavy atom. The Balaban J connectivity index is 2.35. The molecule has 19 heavy (non-hydrogen) atoms. The van der Waals surface area contributed by atoms with Gasteiger partial charge in [-0.05, 0) is 39.7 Å². The van der Waals surface area contributed by atoms with Crippen molar-refractivity contribution in [2.45, 2.75) is 19.6 Å². The molecule has 2 rings (SSSR count). The molecule has 1 fully saturated rings. The van der Waals surface area contributed by atoms with Crippen molar-refractivity contribution in [2.75, 3.05) is 0 Å². The second-order valence-electron chi connectivity index (χ2n) is 4.45. The van der Waals surface area contributed by atoms with Crippen LogP contribution in [0.1, 0.15) is 19.4 Å². The van der Waals surface area contributed by atoms with E-state index in [0.29, 0.717) is 10.0 Å². The summed E-state index contributed by atoms with van der Waals surface area (Å²) < 4.78 is 10.4. The smallest absolute Gasteiger partial charge is 0.348 e. The molecule has 6 heteroatoms. The van der Waals surface area contributed by atoms with Gasteiger partial charge in [0.2, 0.25) is 0 Å².